The maximum absolute atomic E-state index is 12.3. The van der Waals surface area contributed by atoms with Crippen LogP contribution in [0.1, 0.15) is 31.4 Å². The van der Waals surface area contributed by atoms with Gasteiger partial charge in [-0.25, -0.2) is 4.98 Å². The van der Waals surface area contributed by atoms with Crippen molar-refractivity contribution in [1.82, 2.24) is 9.88 Å². The first-order chi connectivity index (χ1) is 10.5. The Bertz CT molecular complexity index is 590. The van der Waals surface area contributed by atoms with Gasteiger partial charge in [0.2, 0.25) is 5.91 Å². The fraction of sp³-hybridized carbons (Fsp3) is 0.562. The predicted molar refractivity (Wildman–Crippen MR) is 81.1 cm³/mol. The molecule has 1 saturated carbocycles. The van der Waals surface area contributed by atoms with Gasteiger partial charge >= 0.3 is 0 Å². The van der Waals surface area contributed by atoms with Gasteiger partial charge in [0.1, 0.15) is 11.4 Å². The summed E-state index contributed by atoms with van der Waals surface area (Å²) >= 11 is 0. The van der Waals surface area contributed by atoms with E-state index in [0.29, 0.717) is 44.6 Å². The lowest BCUT2D eigenvalue weighted by molar-refractivity contribution is -0.144. The molecule has 1 aliphatic heterocycles. The molecule has 0 unspecified atom stereocenters. The summed E-state index contributed by atoms with van der Waals surface area (Å²) in [4.78, 5) is 30.3. The highest BCUT2D eigenvalue weighted by molar-refractivity contribution is 5.92. The highest BCUT2D eigenvalue weighted by atomic mass is 16.3. The summed E-state index contributed by atoms with van der Waals surface area (Å²) in [6, 6.07) is 5.50. The molecule has 3 rings (SSSR count). The Labute approximate surface area is 129 Å². The van der Waals surface area contributed by atoms with E-state index in [-0.39, 0.29) is 17.7 Å². The van der Waals surface area contributed by atoms with Gasteiger partial charge < -0.3 is 15.3 Å². The zero-order valence-electron chi connectivity index (χ0n) is 12.7. The minimum Gasteiger partial charge on any atom is -0.380 e. The van der Waals surface area contributed by atoms with Gasteiger partial charge in [0.25, 0.3) is 5.91 Å². The number of pyridine rings is 1. The van der Waals surface area contributed by atoms with Gasteiger partial charge in [0.05, 0.1) is 0 Å². The smallest absolute Gasteiger partial charge is 0.254 e. The molecule has 0 bridgehead atoms. The third-order valence-corrected chi connectivity index (χ3v) is 4.41. The van der Waals surface area contributed by atoms with Crippen molar-refractivity contribution < 1.29 is 14.7 Å². The van der Waals surface area contributed by atoms with Gasteiger partial charge in [0.15, 0.2) is 0 Å². The van der Waals surface area contributed by atoms with Gasteiger partial charge in [-0.2, -0.15) is 0 Å². The Morgan fingerprint density at radius 3 is 2.59 bits per heavy atom. The van der Waals surface area contributed by atoms with Crippen molar-refractivity contribution in [3.8, 4) is 0 Å². The molecule has 2 fully saturated rings. The molecular weight excluding hydrogens is 282 g/mol. The molecule has 6 heteroatoms. The lowest BCUT2D eigenvalue weighted by Gasteiger charge is -2.32. The number of carbonyl (C=O) groups is 2. The Kier molecular flexibility index (Phi) is 3.87. The van der Waals surface area contributed by atoms with Crippen LogP contribution in [-0.4, -0.2) is 45.5 Å². The first-order valence-corrected chi connectivity index (χ1v) is 7.74. The van der Waals surface area contributed by atoms with Crippen LogP contribution >= 0.6 is 0 Å². The molecule has 1 aromatic heterocycles. The Balaban J connectivity index is 1.52. The maximum atomic E-state index is 12.3. The van der Waals surface area contributed by atoms with Crippen LogP contribution in [0.3, 0.4) is 0 Å². The average molecular weight is 303 g/mol. The standard InChI is InChI=1S/C16H21N3O3/c1-11-3-2-4-13(17-11)18-14(20)12-5-9-19(10-6-12)15(21)16(22)7-8-16/h2-4,12,22H,5-10H2,1H3,(H,17,18,20). The van der Waals surface area contributed by atoms with Gasteiger partial charge in [-0.15, -0.1) is 0 Å². The average Bonchev–Trinajstić information content (AvgIpc) is 3.26. The van der Waals surface area contributed by atoms with E-state index in [4.69, 9.17) is 0 Å². The maximum Gasteiger partial charge on any atom is 0.254 e. The molecule has 22 heavy (non-hydrogen) atoms. The van der Waals surface area contributed by atoms with Crippen LogP contribution in [0, 0.1) is 12.8 Å². The van der Waals surface area contributed by atoms with Crippen molar-refractivity contribution >= 4 is 17.6 Å². The second-order valence-corrected chi connectivity index (χ2v) is 6.25. The van der Waals surface area contributed by atoms with E-state index in [9.17, 15) is 14.7 Å². The van der Waals surface area contributed by atoms with Gasteiger partial charge in [0, 0.05) is 24.7 Å². The third-order valence-electron chi connectivity index (χ3n) is 4.41. The molecule has 0 aromatic carbocycles. The summed E-state index contributed by atoms with van der Waals surface area (Å²) in [6.07, 6.45) is 2.37. The van der Waals surface area contributed by atoms with E-state index in [1.807, 2.05) is 19.1 Å². The van der Waals surface area contributed by atoms with Crippen LogP contribution in [0.5, 0.6) is 0 Å². The summed E-state index contributed by atoms with van der Waals surface area (Å²) < 4.78 is 0. The van der Waals surface area contributed by atoms with Crippen LogP contribution in [0.15, 0.2) is 18.2 Å². The zero-order valence-corrected chi connectivity index (χ0v) is 12.7. The monoisotopic (exact) mass is 303 g/mol. The molecule has 1 aliphatic carbocycles. The van der Waals surface area contributed by atoms with Crippen molar-refractivity contribution in [3.63, 3.8) is 0 Å². The zero-order chi connectivity index (χ0) is 15.7. The van der Waals surface area contributed by atoms with Crippen LogP contribution in [-0.2, 0) is 9.59 Å². The van der Waals surface area contributed by atoms with Crippen LogP contribution in [0.2, 0.25) is 0 Å². The summed E-state index contributed by atoms with van der Waals surface area (Å²) in [7, 11) is 0. The number of aliphatic hydroxyl groups is 1. The summed E-state index contributed by atoms with van der Waals surface area (Å²) in [5, 5.41) is 12.7. The third kappa shape index (κ3) is 3.11. The number of aryl methyl sites for hydroxylation is 1. The topological polar surface area (TPSA) is 82.5 Å². The fourth-order valence-electron chi connectivity index (χ4n) is 2.81. The van der Waals surface area contributed by atoms with E-state index in [1.165, 1.54) is 0 Å². The van der Waals surface area contributed by atoms with Crippen LogP contribution < -0.4 is 5.32 Å². The molecule has 2 N–H and O–H groups in total. The summed E-state index contributed by atoms with van der Waals surface area (Å²) in [6.45, 7) is 2.93. The second kappa shape index (κ2) is 5.68. The second-order valence-electron chi connectivity index (χ2n) is 6.25. The number of nitrogens with one attached hydrogen (secondary N) is 1. The number of likely N-dealkylation sites (tertiary alicyclic amines) is 1. The number of anilines is 1. The molecule has 118 valence electrons. The molecule has 2 aliphatic rings. The predicted octanol–water partition coefficient (Wildman–Crippen LogP) is 1.09. The fourth-order valence-corrected chi connectivity index (χ4v) is 2.81. The minimum absolute atomic E-state index is 0.0460. The largest absolute Gasteiger partial charge is 0.380 e. The van der Waals surface area contributed by atoms with Crippen molar-refractivity contribution in [1.29, 1.82) is 0 Å². The number of aromatic nitrogens is 1. The Hall–Kier alpha value is -1.95. The van der Waals surface area contributed by atoms with Crippen molar-refractivity contribution in [2.24, 2.45) is 5.92 Å². The van der Waals surface area contributed by atoms with Crippen molar-refractivity contribution in [2.75, 3.05) is 18.4 Å². The van der Waals surface area contributed by atoms with Gasteiger partial charge in [-0.1, -0.05) is 6.07 Å². The van der Waals surface area contributed by atoms with Gasteiger partial charge in [-0.05, 0) is 44.7 Å². The number of rotatable bonds is 3. The molecule has 0 atom stereocenters. The first kappa shape index (κ1) is 15.0. The number of hydrogen-bond acceptors (Lipinski definition) is 4. The summed E-state index contributed by atoms with van der Waals surface area (Å²) in [5.41, 5.74) is -0.253. The molecule has 1 saturated heterocycles. The Morgan fingerprint density at radius 2 is 2.00 bits per heavy atom. The highest BCUT2D eigenvalue weighted by Gasteiger charge is 2.50. The first-order valence-electron chi connectivity index (χ1n) is 7.74. The molecule has 0 spiro atoms. The van der Waals surface area contributed by atoms with Crippen molar-refractivity contribution in [2.45, 2.75) is 38.2 Å². The van der Waals surface area contributed by atoms with Gasteiger partial charge in [-0.3, -0.25) is 9.59 Å². The normalized spacial score (nSPS) is 20.5. The van der Waals surface area contributed by atoms with E-state index in [2.05, 4.69) is 10.3 Å². The molecule has 1 aromatic rings. The number of nitrogens with zero attached hydrogens (tertiary/aromatic N) is 2. The minimum atomic E-state index is -1.11. The number of piperidine rings is 1. The Morgan fingerprint density at radius 1 is 1.32 bits per heavy atom. The lowest BCUT2D eigenvalue weighted by Crippen LogP contribution is -2.46. The van der Waals surface area contributed by atoms with Crippen LogP contribution in [0.25, 0.3) is 0 Å². The quantitative estimate of drug-likeness (QED) is 0.876. The number of hydrogen-bond donors (Lipinski definition) is 2. The van der Waals surface area contributed by atoms with E-state index < -0.39 is 5.60 Å². The van der Waals surface area contributed by atoms with Crippen molar-refractivity contribution in [3.05, 3.63) is 23.9 Å². The highest BCUT2D eigenvalue weighted by Crippen LogP contribution is 2.37. The van der Waals surface area contributed by atoms with Crippen LogP contribution in [0.4, 0.5) is 5.82 Å². The summed E-state index contributed by atoms with van der Waals surface area (Å²) in [5.74, 6) is 0.234. The lowest BCUT2D eigenvalue weighted by atomic mass is 9.95. The molecule has 2 amide bonds. The molecular formula is C16H21N3O3. The number of amides is 2. The van der Waals surface area contributed by atoms with E-state index in [1.54, 1.807) is 11.0 Å². The molecule has 0 radical (unpaired) electrons. The number of carbonyl (C=O) groups excluding carboxylic acids is 2. The van der Waals surface area contributed by atoms with E-state index in [0.717, 1.165) is 5.69 Å². The SMILES string of the molecule is Cc1cccc(NC(=O)C2CCN(C(=O)C3(O)CC3)CC2)n1. The molecule has 2 heterocycles. The van der Waals surface area contributed by atoms with E-state index >= 15 is 0 Å². The molecule has 6 nitrogen and oxygen atoms in total.